The molecule has 2 aromatic carbocycles. The highest BCUT2D eigenvalue weighted by atomic mass is 32.1. The molecule has 0 saturated carbocycles. The second-order valence-electron chi connectivity index (χ2n) is 6.89. The van der Waals surface area contributed by atoms with Crippen molar-refractivity contribution in [1.29, 1.82) is 0 Å². The van der Waals surface area contributed by atoms with Crippen LogP contribution in [0.2, 0.25) is 0 Å². The van der Waals surface area contributed by atoms with Gasteiger partial charge < -0.3 is 4.74 Å². The molecular formula is C21H24N4OS. The van der Waals surface area contributed by atoms with Crippen LogP contribution in [0.1, 0.15) is 30.3 Å². The van der Waals surface area contributed by atoms with E-state index in [0.29, 0.717) is 12.7 Å². The third kappa shape index (κ3) is 3.55. The van der Waals surface area contributed by atoms with Crippen molar-refractivity contribution in [3.63, 3.8) is 0 Å². The van der Waals surface area contributed by atoms with Crippen LogP contribution >= 0.6 is 12.2 Å². The molecule has 5 nitrogen and oxygen atoms in total. The van der Waals surface area contributed by atoms with E-state index in [0.717, 1.165) is 35.0 Å². The van der Waals surface area contributed by atoms with E-state index >= 15 is 0 Å². The van der Waals surface area contributed by atoms with Gasteiger partial charge in [-0.05, 0) is 61.8 Å². The molecule has 0 aliphatic carbocycles. The molecule has 1 aliphatic rings. The first-order valence-electron chi connectivity index (χ1n) is 9.27. The van der Waals surface area contributed by atoms with Gasteiger partial charge in [-0.3, -0.25) is 9.47 Å². The third-order valence-electron chi connectivity index (χ3n) is 5.20. The summed E-state index contributed by atoms with van der Waals surface area (Å²) >= 11 is 5.74. The van der Waals surface area contributed by atoms with Gasteiger partial charge in [0, 0.05) is 18.3 Å². The molecule has 0 spiro atoms. The molecule has 0 N–H and O–H groups in total. The molecule has 1 atom stereocenters. The van der Waals surface area contributed by atoms with E-state index in [9.17, 15) is 0 Å². The molecule has 2 heterocycles. The van der Waals surface area contributed by atoms with Gasteiger partial charge in [-0.25, -0.2) is 4.68 Å². The zero-order valence-corrected chi connectivity index (χ0v) is 16.5. The van der Waals surface area contributed by atoms with Crippen LogP contribution in [0.25, 0.3) is 5.69 Å². The van der Waals surface area contributed by atoms with E-state index < -0.39 is 0 Å². The summed E-state index contributed by atoms with van der Waals surface area (Å²) in [5.74, 6) is 1.80. The van der Waals surface area contributed by atoms with Crippen molar-refractivity contribution in [1.82, 2.24) is 19.2 Å². The SMILES string of the molecule is COc1ccc(C2CCCN2Cn2nc(C)n(-c3ccccc3)c2=S)cc1. The van der Waals surface area contributed by atoms with Crippen molar-refractivity contribution in [3.8, 4) is 11.4 Å². The first-order valence-corrected chi connectivity index (χ1v) is 9.68. The molecule has 1 unspecified atom stereocenters. The van der Waals surface area contributed by atoms with E-state index in [2.05, 4.69) is 29.2 Å². The highest BCUT2D eigenvalue weighted by molar-refractivity contribution is 7.71. The Hall–Kier alpha value is -2.44. The first kappa shape index (κ1) is 17.9. The molecule has 140 valence electrons. The van der Waals surface area contributed by atoms with E-state index in [4.69, 9.17) is 22.1 Å². The maximum atomic E-state index is 5.74. The number of hydrogen-bond acceptors (Lipinski definition) is 4. The molecule has 1 fully saturated rings. The zero-order valence-electron chi connectivity index (χ0n) is 15.7. The van der Waals surface area contributed by atoms with Crippen molar-refractivity contribution in [2.24, 2.45) is 0 Å². The lowest BCUT2D eigenvalue weighted by molar-refractivity contribution is 0.189. The lowest BCUT2D eigenvalue weighted by atomic mass is 10.0. The van der Waals surface area contributed by atoms with Gasteiger partial charge in [0.1, 0.15) is 11.6 Å². The fraction of sp³-hybridized carbons (Fsp3) is 0.333. The largest absolute Gasteiger partial charge is 0.497 e. The number of para-hydroxylation sites is 1. The van der Waals surface area contributed by atoms with Crippen LogP contribution in [0, 0.1) is 11.7 Å². The van der Waals surface area contributed by atoms with Gasteiger partial charge in [0.05, 0.1) is 13.8 Å². The summed E-state index contributed by atoms with van der Waals surface area (Å²) < 4.78 is 10.00. The van der Waals surface area contributed by atoms with Crippen LogP contribution in [0.5, 0.6) is 5.75 Å². The lowest BCUT2D eigenvalue weighted by Crippen LogP contribution is -2.27. The Morgan fingerprint density at radius 2 is 1.85 bits per heavy atom. The Kier molecular flexibility index (Phi) is 5.09. The van der Waals surface area contributed by atoms with Crippen molar-refractivity contribution >= 4 is 12.2 Å². The summed E-state index contributed by atoms with van der Waals surface area (Å²) in [6.07, 6.45) is 2.33. The number of aryl methyl sites for hydroxylation is 1. The Balaban J connectivity index is 1.59. The van der Waals surface area contributed by atoms with Gasteiger partial charge in [0.15, 0.2) is 0 Å². The number of rotatable bonds is 5. The number of likely N-dealkylation sites (tertiary alicyclic amines) is 1. The molecule has 0 radical (unpaired) electrons. The highest BCUT2D eigenvalue weighted by Gasteiger charge is 2.27. The number of hydrogen-bond donors (Lipinski definition) is 0. The minimum absolute atomic E-state index is 0.389. The fourth-order valence-corrected chi connectivity index (χ4v) is 4.19. The molecule has 1 saturated heterocycles. The molecule has 27 heavy (non-hydrogen) atoms. The Morgan fingerprint density at radius 1 is 1.11 bits per heavy atom. The molecule has 0 amide bonds. The van der Waals surface area contributed by atoms with Crippen molar-refractivity contribution in [3.05, 3.63) is 70.8 Å². The Bertz CT molecular complexity index is 962. The molecule has 6 heteroatoms. The van der Waals surface area contributed by atoms with Gasteiger partial charge >= 0.3 is 0 Å². The monoisotopic (exact) mass is 380 g/mol. The predicted molar refractivity (Wildman–Crippen MR) is 109 cm³/mol. The van der Waals surface area contributed by atoms with Gasteiger partial charge in [0.2, 0.25) is 4.77 Å². The molecule has 1 aromatic heterocycles. The van der Waals surface area contributed by atoms with Gasteiger partial charge in [-0.2, -0.15) is 5.10 Å². The van der Waals surface area contributed by atoms with Crippen LogP contribution in [0.4, 0.5) is 0 Å². The smallest absolute Gasteiger partial charge is 0.203 e. The summed E-state index contributed by atoms with van der Waals surface area (Å²) in [5, 5.41) is 4.72. The number of benzene rings is 2. The molecule has 0 bridgehead atoms. The first-order chi connectivity index (χ1) is 13.2. The second-order valence-corrected chi connectivity index (χ2v) is 7.25. The average Bonchev–Trinajstić information content (AvgIpc) is 3.27. The number of methoxy groups -OCH3 is 1. The maximum Gasteiger partial charge on any atom is 0.203 e. The minimum atomic E-state index is 0.389. The van der Waals surface area contributed by atoms with Crippen LogP contribution in [-0.2, 0) is 6.67 Å². The van der Waals surface area contributed by atoms with Crippen molar-refractivity contribution in [2.45, 2.75) is 32.5 Å². The normalized spacial score (nSPS) is 17.3. The lowest BCUT2D eigenvalue weighted by Gasteiger charge is -2.24. The average molecular weight is 381 g/mol. The summed E-state index contributed by atoms with van der Waals surface area (Å²) in [4.78, 5) is 2.46. The molecule has 1 aliphatic heterocycles. The minimum Gasteiger partial charge on any atom is -0.497 e. The Morgan fingerprint density at radius 3 is 2.56 bits per heavy atom. The van der Waals surface area contributed by atoms with Crippen LogP contribution in [-0.4, -0.2) is 32.9 Å². The summed E-state index contributed by atoms with van der Waals surface area (Å²) in [6.45, 7) is 3.76. The van der Waals surface area contributed by atoms with Gasteiger partial charge in [0.25, 0.3) is 0 Å². The molecule has 4 rings (SSSR count). The quantitative estimate of drug-likeness (QED) is 0.610. The highest BCUT2D eigenvalue weighted by Crippen LogP contribution is 2.33. The standard InChI is InChI=1S/C21H24N4OS/c1-16-22-24(21(27)25(16)18-7-4-3-5-8-18)15-23-14-6-9-20(23)17-10-12-19(26-2)13-11-17/h3-5,7-8,10-13,20H,6,9,14-15H2,1-2H3. The molecule has 3 aromatic rings. The van der Waals surface area contributed by atoms with Crippen molar-refractivity contribution < 1.29 is 4.74 Å². The zero-order chi connectivity index (χ0) is 18.8. The summed E-state index contributed by atoms with van der Waals surface area (Å²) in [5.41, 5.74) is 2.37. The van der Waals surface area contributed by atoms with E-state index in [1.54, 1.807) is 7.11 Å². The summed E-state index contributed by atoms with van der Waals surface area (Å²) in [6, 6.07) is 19.0. The fourth-order valence-electron chi connectivity index (χ4n) is 3.85. The van der Waals surface area contributed by atoms with Crippen LogP contribution in [0.15, 0.2) is 54.6 Å². The number of nitrogens with zero attached hydrogens (tertiary/aromatic N) is 4. The van der Waals surface area contributed by atoms with E-state index in [1.807, 2.05) is 46.5 Å². The number of ether oxygens (including phenoxy) is 1. The van der Waals surface area contributed by atoms with Crippen molar-refractivity contribution in [2.75, 3.05) is 13.7 Å². The van der Waals surface area contributed by atoms with Crippen LogP contribution < -0.4 is 4.74 Å². The number of aromatic nitrogens is 3. The van der Waals surface area contributed by atoms with Gasteiger partial charge in [-0.1, -0.05) is 30.3 Å². The van der Waals surface area contributed by atoms with Crippen LogP contribution in [0.3, 0.4) is 0 Å². The maximum absolute atomic E-state index is 5.74. The Labute approximate surface area is 164 Å². The summed E-state index contributed by atoms with van der Waals surface area (Å²) in [7, 11) is 1.70. The van der Waals surface area contributed by atoms with E-state index in [1.165, 1.54) is 12.0 Å². The molecular weight excluding hydrogens is 356 g/mol. The third-order valence-corrected chi connectivity index (χ3v) is 5.59. The van der Waals surface area contributed by atoms with E-state index in [-0.39, 0.29) is 0 Å². The topological polar surface area (TPSA) is 35.2 Å². The predicted octanol–water partition coefficient (Wildman–Crippen LogP) is 4.51. The van der Waals surface area contributed by atoms with Gasteiger partial charge in [-0.15, -0.1) is 0 Å². The second kappa shape index (κ2) is 7.66.